The lowest BCUT2D eigenvalue weighted by molar-refractivity contribution is 0.0601. The van der Waals surface area contributed by atoms with Crippen LogP contribution in [-0.4, -0.2) is 26.2 Å². The maximum atomic E-state index is 11.5. The number of hydrogen-bond acceptors (Lipinski definition) is 4. The van der Waals surface area contributed by atoms with Crippen LogP contribution in [-0.2, 0) is 4.74 Å². The molecule has 1 aromatic rings. The molecule has 0 unspecified atom stereocenters. The molecule has 0 aliphatic heterocycles. The van der Waals surface area contributed by atoms with Crippen LogP contribution in [0.25, 0.3) is 0 Å². The minimum atomic E-state index is -0.331. The van der Waals surface area contributed by atoms with E-state index < -0.39 is 0 Å². The van der Waals surface area contributed by atoms with Crippen molar-refractivity contribution >= 4 is 17.3 Å². The first-order valence-electron chi connectivity index (χ1n) is 6.36. The molecule has 0 aliphatic rings. The molecule has 0 fully saturated rings. The number of methoxy groups -OCH3 is 1. The van der Waals surface area contributed by atoms with Crippen LogP contribution in [0, 0.1) is 0 Å². The van der Waals surface area contributed by atoms with Crippen molar-refractivity contribution in [2.45, 2.75) is 26.7 Å². The first kappa shape index (κ1) is 14.4. The Morgan fingerprint density at radius 1 is 1.39 bits per heavy atom. The predicted molar refractivity (Wildman–Crippen MR) is 75.0 cm³/mol. The minimum Gasteiger partial charge on any atom is -0.465 e. The summed E-state index contributed by atoms with van der Waals surface area (Å²) in [5, 5.41) is 0. The van der Waals surface area contributed by atoms with E-state index in [2.05, 4.69) is 18.7 Å². The van der Waals surface area contributed by atoms with Crippen LogP contribution >= 0.6 is 0 Å². The number of esters is 1. The number of carbonyl (C=O) groups excluding carboxylic acids is 1. The predicted octanol–water partition coefficient (Wildman–Crippen LogP) is 2.68. The molecule has 0 bridgehead atoms. The monoisotopic (exact) mass is 250 g/mol. The lowest BCUT2D eigenvalue weighted by Gasteiger charge is -2.24. The number of anilines is 2. The average Bonchev–Trinajstić information content (AvgIpc) is 2.40. The number of benzene rings is 1. The number of carbonyl (C=O) groups is 1. The molecule has 0 heterocycles. The highest BCUT2D eigenvalue weighted by Gasteiger charge is 2.12. The number of rotatable bonds is 6. The van der Waals surface area contributed by atoms with Crippen LogP contribution in [0.3, 0.4) is 0 Å². The topological polar surface area (TPSA) is 55.6 Å². The third-order valence-corrected chi connectivity index (χ3v) is 2.96. The lowest BCUT2D eigenvalue weighted by atomic mass is 10.1. The Hall–Kier alpha value is -1.71. The molecule has 0 spiro atoms. The van der Waals surface area contributed by atoms with E-state index in [4.69, 9.17) is 10.5 Å². The molecule has 4 heteroatoms. The van der Waals surface area contributed by atoms with Crippen LogP contribution in [0.4, 0.5) is 11.4 Å². The van der Waals surface area contributed by atoms with E-state index in [1.807, 2.05) is 0 Å². The van der Waals surface area contributed by atoms with Crippen molar-refractivity contribution in [1.29, 1.82) is 0 Å². The van der Waals surface area contributed by atoms with Gasteiger partial charge in [-0.25, -0.2) is 4.79 Å². The lowest BCUT2D eigenvalue weighted by Crippen LogP contribution is -2.25. The normalized spacial score (nSPS) is 10.2. The summed E-state index contributed by atoms with van der Waals surface area (Å²) in [6.45, 7) is 6.05. The summed E-state index contributed by atoms with van der Waals surface area (Å²) in [5.74, 6) is -0.331. The summed E-state index contributed by atoms with van der Waals surface area (Å²) in [7, 11) is 1.38. The third kappa shape index (κ3) is 3.39. The van der Waals surface area contributed by atoms with Crippen molar-refractivity contribution in [1.82, 2.24) is 0 Å². The highest BCUT2D eigenvalue weighted by molar-refractivity contribution is 5.92. The van der Waals surface area contributed by atoms with Crippen molar-refractivity contribution in [2.24, 2.45) is 0 Å². The van der Waals surface area contributed by atoms with Gasteiger partial charge in [-0.3, -0.25) is 0 Å². The molecule has 0 atom stereocenters. The molecular weight excluding hydrogens is 228 g/mol. The molecule has 1 rings (SSSR count). The van der Waals surface area contributed by atoms with Crippen molar-refractivity contribution in [3.8, 4) is 0 Å². The van der Waals surface area contributed by atoms with Gasteiger partial charge in [0, 0.05) is 13.1 Å². The SMILES string of the molecule is CCCCN(CC)c1cc(C(=O)OC)ccc1N. The van der Waals surface area contributed by atoms with Crippen LogP contribution in [0.2, 0.25) is 0 Å². The fourth-order valence-corrected chi connectivity index (χ4v) is 1.86. The first-order chi connectivity index (χ1) is 8.63. The zero-order valence-corrected chi connectivity index (χ0v) is 11.4. The molecule has 0 radical (unpaired) electrons. The quantitative estimate of drug-likeness (QED) is 0.623. The van der Waals surface area contributed by atoms with Crippen molar-refractivity contribution < 1.29 is 9.53 Å². The summed E-state index contributed by atoms with van der Waals surface area (Å²) in [6.07, 6.45) is 2.24. The fourth-order valence-electron chi connectivity index (χ4n) is 1.86. The number of nitrogen functional groups attached to an aromatic ring is 1. The van der Waals surface area contributed by atoms with Gasteiger partial charge in [0.25, 0.3) is 0 Å². The number of nitrogens with zero attached hydrogens (tertiary/aromatic N) is 1. The largest absolute Gasteiger partial charge is 0.465 e. The van der Waals surface area contributed by atoms with Crippen LogP contribution in [0.5, 0.6) is 0 Å². The van der Waals surface area contributed by atoms with E-state index in [-0.39, 0.29) is 5.97 Å². The zero-order valence-electron chi connectivity index (χ0n) is 11.4. The molecule has 1 aromatic carbocycles. The van der Waals surface area contributed by atoms with Gasteiger partial charge >= 0.3 is 5.97 Å². The average molecular weight is 250 g/mol. The van der Waals surface area contributed by atoms with Gasteiger partial charge in [0.1, 0.15) is 0 Å². The highest BCUT2D eigenvalue weighted by atomic mass is 16.5. The Morgan fingerprint density at radius 2 is 2.11 bits per heavy atom. The second-order valence-corrected chi connectivity index (χ2v) is 4.20. The number of unbranched alkanes of at least 4 members (excludes halogenated alkanes) is 1. The Balaban J connectivity index is 3.00. The molecule has 4 nitrogen and oxygen atoms in total. The van der Waals surface area contributed by atoms with E-state index in [9.17, 15) is 4.79 Å². The smallest absolute Gasteiger partial charge is 0.337 e. The minimum absolute atomic E-state index is 0.331. The molecule has 0 aliphatic carbocycles. The number of hydrogen-bond donors (Lipinski definition) is 1. The summed E-state index contributed by atoms with van der Waals surface area (Å²) < 4.78 is 4.73. The van der Waals surface area contributed by atoms with E-state index in [1.165, 1.54) is 7.11 Å². The van der Waals surface area contributed by atoms with Gasteiger partial charge in [-0.1, -0.05) is 13.3 Å². The summed E-state index contributed by atoms with van der Waals surface area (Å²) in [6, 6.07) is 5.26. The molecule has 100 valence electrons. The van der Waals surface area contributed by atoms with Crippen molar-refractivity contribution in [3.05, 3.63) is 23.8 Å². The zero-order chi connectivity index (χ0) is 13.5. The van der Waals surface area contributed by atoms with Gasteiger partial charge in [0.15, 0.2) is 0 Å². The Labute approximate surface area is 109 Å². The highest BCUT2D eigenvalue weighted by Crippen LogP contribution is 2.25. The van der Waals surface area contributed by atoms with Crippen molar-refractivity contribution in [3.63, 3.8) is 0 Å². The van der Waals surface area contributed by atoms with Gasteiger partial charge in [-0.15, -0.1) is 0 Å². The Morgan fingerprint density at radius 3 is 2.67 bits per heavy atom. The van der Waals surface area contributed by atoms with Crippen molar-refractivity contribution in [2.75, 3.05) is 30.8 Å². The molecule has 0 saturated carbocycles. The number of ether oxygens (including phenoxy) is 1. The summed E-state index contributed by atoms with van der Waals surface area (Å²) in [5.41, 5.74) is 8.13. The van der Waals surface area contributed by atoms with Gasteiger partial charge in [0.05, 0.1) is 24.0 Å². The van der Waals surface area contributed by atoms with Crippen LogP contribution in [0.15, 0.2) is 18.2 Å². The molecule has 0 aromatic heterocycles. The Bertz CT molecular complexity index is 405. The van der Waals surface area contributed by atoms with E-state index >= 15 is 0 Å². The maximum Gasteiger partial charge on any atom is 0.337 e. The van der Waals surface area contributed by atoms with Crippen LogP contribution in [0.1, 0.15) is 37.0 Å². The molecule has 18 heavy (non-hydrogen) atoms. The molecule has 0 saturated heterocycles. The third-order valence-electron chi connectivity index (χ3n) is 2.96. The van der Waals surface area contributed by atoms with Gasteiger partial charge in [-0.2, -0.15) is 0 Å². The molecule has 2 N–H and O–H groups in total. The second kappa shape index (κ2) is 6.89. The van der Waals surface area contributed by atoms with Gasteiger partial charge in [-0.05, 0) is 31.5 Å². The van der Waals surface area contributed by atoms with Gasteiger partial charge in [0.2, 0.25) is 0 Å². The van der Waals surface area contributed by atoms with E-state index in [0.717, 1.165) is 31.6 Å². The van der Waals surface area contributed by atoms with E-state index in [0.29, 0.717) is 11.3 Å². The first-order valence-corrected chi connectivity index (χ1v) is 6.36. The standard InChI is InChI=1S/C14H22N2O2/c1-4-6-9-16(5-2)13-10-11(14(17)18-3)7-8-12(13)15/h7-8,10H,4-6,9,15H2,1-3H3. The van der Waals surface area contributed by atoms with Gasteiger partial charge < -0.3 is 15.4 Å². The Kier molecular flexibility index (Phi) is 5.49. The second-order valence-electron chi connectivity index (χ2n) is 4.20. The number of nitrogens with two attached hydrogens (primary N) is 1. The van der Waals surface area contributed by atoms with Crippen LogP contribution < -0.4 is 10.6 Å². The molecular formula is C14H22N2O2. The maximum absolute atomic E-state index is 11.5. The summed E-state index contributed by atoms with van der Waals surface area (Å²) >= 11 is 0. The van der Waals surface area contributed by atoms with E-state index in [1.54, 1.807) is 18.2 Å². The fraction of sp³-hybridized carbons (Fsp3) is 0.500. The summed E-state index contributed by atoms with van der Waals surface area (Å²) in [4.78, 5) is 13.7. The molecule has 0 amide bonds.